The molecule has 1 amide bonds. The Morgan fingerprint density at radius 1 is 1.33 bits per heavy atom. The maximum Gasteiger partial charge on any atom is 0.274 e. The molecule has 2 aliphatic heterocycles. The summed E-state index contributed by atoms with van der Waals surface area (Å²) in [6.45, 7) is 5.26. The molecule has 2 N–H and O–H groups in total. The van der Waals surface area contributed by atoms with E-state index in [0.29, 0.717) is 30.5 Å². The quantitative estimate of drug-likeness (QED) is 0.630. The molecule has 0 aromatic heterocycles. The van der Waals surface area contributed by atoms with Crippen LogP contribution in [0.1, 0.15) is 60.5 Å². The zero-order valence-corrected chi connectivity index (χ0v) is 16.3. The van der Waals surface area contributed by atoms with E-state index in [-0.39, 0.29) is 11.4 Å². The molecule has 1 aliphatic carbocycles. The van der Waals surface area contributed by atoms with Crippen LogP contribution >= 0.6 is 0 Å². The first-order chi connectivity index (χ1) is 12.9. The number of rotatable bonds is 3. The van der Waals surface area contributed by atoms with Crippen molar-refractivity contribution in [3.8, 4) is 0 Å². The molecule has 0 radical (unpaired) electrons. The number of piperidine rings is 1. The predicted molar refractivity (Wildman–Crippen MR) is 101 cm³/mol. The lowest BCUT2D eigenvalue weighted by Crippen LogP contribution is -2.58. The molecular weight excluding hydrogens is 345 g/mol. The molecule has 3 aliphatic rings. The minimum absolute atomic E-state index is 0.184. The van der Waals surface area contributed by atoms with Crippen molar-refractivity contribution in [1.29, 1.82) is 0 Å². The van der Waals surface area contributed by atoms with Gasteiger partial charge >= 0.3 is 0 Å². The molecule has 5 nitrogen and oxygen atoms in total. The highest BCUT2D eigenvalue weighted by atomic mass is 19.1. The third-order valence-corrected chi connectivity index (χ3v) is 7.24. The largest absolute Gasteiger partial charge is 0.306 e. The minimum atomic E-state index is -0.658. The predicted octanol–water partition coefficient (Wildman–Crippen LogP) is 2.96. The van der Waals surface area contributed by atoms with E-state index in [1.54, 1.807) is 11.5 Å². The molecule has 2 heterocycles. The lowest BCUT2D eigenvalue weighted by atomic mass is 9.59. The lowest BCUT2D eigenvalue weighted by Gasteiger charge is -2.57. The summed E-state index contributed by atoms with van der Waals surface area (Å²) in [5.41, 5.74) is 3.94. The van der Waals surface area contributed by atoms with Gasteiger partial charge in [-0.05, 0) is 87.3 Å². The molecule has 1 aromatic carbocycles. The topological polar surface area (TPSA) is 55.8 Å². The highest BCUT2D eigenvalue weighted by Crippen LogP contribution is 2.52. The van der Waals surface area contributed by atoms with E-state index in [4.69, 9.17) is 5.21 Å². The van der Waals surface area contributed by atoms with Crippen LogP contribution in [0, 0.1) is 11.2 Å². The fraction of sp³-hybridized carbons (Fsp3) is 0.667. The number of likely N-dealkylation sites (tertiary alicyclic amines) is 1. The minimum Gasteiger partial charge on any atom is -0.306 e. The third kappa shape index (κ3) is 3.39. The van der Waals surface area contributed by atoms with Crippen LogP contribution < -0.4 is 5.48 Å². The Labute approximate surface area is 160 Å². The molecule has 0 bridgehead atoms. The van der Waals surface area contributed by atoms with Gasteiger partial charge in [0.25, 0.3) is 5.91 Å². The Kier molecular flexibility index (Phi) is 4.99. The Hall–Kier alpha value is -1.50. The summed E-state index contributed by atoms with van der Waals surface area (Å²) in [5, 5.41) is 8.87. The molecule has 1 spiro atoms. The van der Waals surface area contributed by atoms with Crippen LogP contribution in [0.3, 0.4) is 0 Å². The number of fused-ring (bicyclic) bond motifs is 1. The van der Waals surface area contributed by atoms with Gasteiger partial charge in [0.1, 0.15) is 5.82 Å². The van der Waals surface area contributed by atoms with E-state index in [9.17, 15) is 9.18 Å². The van der Waals surface area contributed by atoms with Gasteiger partial charge in [0, 0.05) is 24.2 Å². The monoisotopic (exact) mass is 375 g/mol. The maximum atomic E-state index is 14.6. The van der Waals surface area contributed by atoms with Crippen LogP contribution in [0.15, 0.2) is 12.1 Å². The highest BCUT2D eigenvalue weighted by Gasteiger charge is 2.49. The van der Waals surface area contributed by atoms with Crippen molar-refractivity contribution < 1.29 is 14.4 Å². The molecule has 2 fully saturated rings. The molecule has 6 heteroatoms. The maximum absolute atomic E-state index is 14.6. The van der Waals surface area contributed by atoms with Gasteiger partial charge < -0.3 is 4.90 Å². The molecule has 1 saturated carbocycles. The molecule has 1 atom stereocenters. The van der Waals surface area contributed by atoms with Gasteiger partial charge in [0.05, 0.1) is 0 Å². The average Bonchev–Trinajstić information content (AvgIpc) is 2.65. The molecule has 1 aromatic rings. The van der Waals surface area contributed by atoms with Gasteiger partial charge in [-0.3, -0.25) is 14.9 Å². The lowest BCUT2D eigenvalue weighted by molar-refractivity contribution is -0.0610. The van der Waals surface area contributed by atoms with Crippen LogP contribution in [0.4, 0.5) is 4.39 Å². The molecule has 4 rings (SSSR count). The molecule has 27 heavy (non-hydrogen) atoms. The van der Waals surface area contributed by atoms with E-state index < -0.39 is 5.91 Å². The van der Waals surface area contributed by atoms with Crippen LogP contribution in [-0.4, -0.2) is 53.1 Å². The second-order valence-electron chi connectivity index (χ2n) is 8.84. The van der Waals surface area contributed by atoms with E-state index >= 15 is 0 Å². The summed E-state index contributed by atoms with van der Waals surface area (Å²) in [5.74, 6) is -0.987. The van der Waals surface area contributed by atoms with Crippen LogP contribution in [0.2, 0.25) is 0 Å². The second-order valence-corrected chi connectivity index (χ2v) is 8.84. The molecule has 148 valence electrons. The van der Waals surface area contributed by atoms with Crippen LogP contribution in [0.5, 0.6) is 0 Å². The van der Waals surface area contributed by atoms with Crippen molar-refractivity contribution >= 4 is 5.91 Å². The highest BCUT2D eigenvalue weighted by molar-refractivity contribution is 5.93. The summed E-state index contributed by atoms with van der Waals surface area (Å²) >= 11 is 0. The summed E-state index contributed by atoms with van der Waals surface area (Å²) in [4.78, 5) is 16.7. The fourth-order valence-corrected chi connectivity index (χ4v) is 5.42. The zero-order chi connectivity index (χ0) is 19.2. The number of amides is 1. The van der Waals surface area contributed by atoms with Gasteiger partial charge in [0.15, 0.2) is 0 Å². The third-order valence-electron chi connectivity index (χ3n) is 7.24. The van der Waals surface area contributed by atoms with Crippen molar-refractivity contribution in [2.45, 2.75) is 64.1 Å². The van der Waals surface area contributed by atoms with Crippen molar-refractivity contribution in [3.05, 3.63) is 34.6 Å². The summed E-state index contributed by atoms with van der Waals surface area (Å²) < 4.78 is 14.6. The summed E-state index contributed by atoms with van der Waals surface area (Å²) in [7, 11) is 2.20. The number of halogens is 1. The van der Waals surface area contributed by atoms with E-state index in [1.807, 2.05) is 0 Å². The van der Waals surface area contributed by atoms with Gasteiger partial charge in [-0.25, -0.2) is 9.87 Å². The summed E-state index contributed by atoms with van der Waals surface area (Å²) in [6, 6.07) is 3.90. The first-order valence-corrected chi connectivity index (χ1v) is 10.1. The zero-order valence-electron chi connectivity index (χ0n) is 16.3. The number of carbonyl (C=O) groups is 1. The smallest absolute Gasteiger partial charge is 0.274 e. The Balaban J connectivity index is 1.52. The standard InChI is InChI=1S/C21H30FN3O2/c1-3-16-10-18-15(8-14(9-19(18)22)20(26)23-27)13-25(16)17-11-21(12-17)4-6-24(2)7-5-21/h8-9,16-17,27H,3-7,10-13H2,1-2H3,(H,23,26)/t16-/m1/s1. The summed E-state index contributed by atoms with van der Waals surface area (Å²) in [6.07, 6.45) is 6.76. The van der Waals surface area contributed by atoms with E-state index in [0.717, 1.165) is 17.5 Å². The normalized spacial score (nSPS) is 25.9. The van der Waals surface area contributed by atoms with Crippen LogP contribution in [0.25, 0.3) is 0 Å². The number of hydrogen-bond acceptors (Lipinski definition) is 4. The van der Waals surface area contributed by atoms with Crippen molar-refractivity contribution in [3.63, 3.8) is 0 Å². The number of hydroxylamine groups is 1. The van der Waals surface area contributed by atoms with Gasteiger partial charge in [-0.15, -0.1) is 0 Å². The number of carbonyl (C=O) groups excluding carboxylic acids is 1. The second kappa shape index (κ2) is 7.15. The Morgan fingerprint density at radius 3 is 2.67 bits per heavy atom. The van der Waals surface area contributed by atoms with Crippen molar-refractivity contribution in [2.24, 2.45) is 5.41 Å². The first kappa shape index (κ1) is 18.8. The van der Waals surface area contributed by atoms with Crippen LogP contribution in [-0.2, 0) is 13.0 Å². The SMILES string of the molecule is CC[C@@H]1Cc2c(F)cc(C(=O)NO)cc2CN1C1CC2(CCN(C)CC2)C1. The molecular formula is C21H30FN3O2. The van der Waals surface area contributed by atoms with E-state index in [1.165, 1.54) is 44.8 Å². The van der Waals surface area contributed by atoms with Gasteiger partial charge in [0.2, 0.25) is 0 Å². The Morgan fingerprint density at radius 2 is 2.04 bits per heavy atom. The fourth-order valence-electron chi connectivity index (χ4n) is 5.42. The van der Waals surface area contributed by atoms with Gasteiger partial charge in [-0.2, -0.15) is 0 Å². The average molecular weight is 375 g/mol. The Bertz CT molecular complexity index is 722. The number of benzene rings is 1. The number of hydrogen-bond donors (Lipinski definition) is 2. The molecule has 1 saturated heterocycles. The number of nitrogens with zero attached hydrogens (tertiary/aromatic N) is 2. The first-order valence-electron chi connectivity index (χ1n) is 10.1. The van der Waals surface area contributed by atoms with Crippen molar-refractivity contribution in [1.82, 2.24) is 15.3 Å². The molecule has 0 unspecified atom stereocenters. The van der Waals surface area contributed by atoms with Gasteiger partial charge in [-0.1, -0.05) is 6.92 Å². The van der Waals surface area contributed by atoms with E-state index in [2.05, 4.69) is 23.8 Å². The van der Waals surface area contributed by atoms with Crippen molar-refractivity contribution in [2.75, 3.05) is 20.1 Å². The number of nitrogens with one attached hydrogen (secondary N) is 1.